The third-order valence-corrected chi connectivity index (χ3v) is 3.09. The summed E-state index contributed by atoms with van der Waals surface area (Å²) in [4.78, 5) is 0. The Morgan fingerprint density at radius 2 is 1.53 bits per heavy atom. The maximum Gasteiger partial charge on any atom is 0.470 e. The molecule has 17 heavy (non-hydrogen) atoms. The van der Waals surface area contributed by atoms with Gasteiger partial charge < -0.3 is 9.47 Å². The topological polar surface area (TPSA) is 64.6 Å². The molecule has 0 atom stereocenters. The van der Waals surface area contributed by atoms with Gasteiger partial charge in [0, 0.05) is 14.2 Å². The molecular weight excluding hydrogens is 277 g/mol. The van der Waals surface area contributed by atoms with Gasteiger partial charge in [0.1, 0.15) is 0 Å². The normalized spacial score (nSPS) is 14.4. The number of nitrogens with one attached hydrogen (secondary N) is 1. The quantitative estimate of drug-likeness (QED) is 0.576. The fraction of sp³-hybridized carbons (Fsp3) is 1.00. The first-order valence-corrected chi connectivity index (χ1v) is 5.47. The van der Waals surface area contributed by atoms with Gasteiger partial charge in [-0.05, 0) is 0 Å². The summed E-state index contributed by atoms with van der Waals surface area (Å²) in [5.74, 6) is 0. The zero-order chi connectivity index (χ0) is 13.9. The summed E-state index contributed by atoms with van der Waals surface area (Å²) < 4.78 is 91.8. The van der Waals surface area contributed by atoms with Gasteiger partial charge >= 0.3 is 11.4 Å². The number of alkyl halides is 5. The van der Waals surface area contributed by atoms with E-state index < -0.39 is 34.3 Å². The van der Waals surface area contributed by atoms with Gasteiger partial charge in [0.2, 0.25) is 0 Å². The van der Waals surface area contributed by atoms with Crippen molar-refractivity contribution in [2.45, 2.75) is 17.7 Å². The van der Waals surface area contributed by atoms with Crippen molar-refractivity contribution >= 4 is 10.0 Å². The van der Waals surface area contributed by atoms with Crippen LogP contribution in [0.25, 0.3) is 0 Å². The van der Waals surface area contributed by atoms with E-state index in [0.29, 0.717) is 0 Å². The number of hydrogen-bond donors (Lipinski definition) is 1. The van der Waals surface area contributed by atoms with Crippen LogP contribution >= 0.6 is 0 Å². The molecule has 5 nitrogen and oxygen atoms in total. The molecule has 0 fully saturated rings. The minimum Gasteiger partial charge on any atom is -0.355 e. The summed E-state index contributed by atoms with van der Waals surface area (Å²) >= 11 is 0. The zero-order valence-electron chi connectivity index (χ0n) is 8.72. The van der Waals surface area contributed by atoms with Crippen molar-refractivity contribution in [3.8, 4) is 0 Å². The van der Waals surface area contributed by atoms with Crippen molar-refractivity contribution in [1.82, 2.24) is 4.72 Å². The van der Waals surface area contributed by atoms with Crippen LogP contribution in [0.1, 0.15) is 0 Å². The molecule has 0 aliphatic rings. The van der Waals surface area contributed by atoms with E-state index in [0.717, 1.165) is 18.9 Å². The van der Waals surface area contributed by atoms with Crippen LogP contribution in [0.2, 0.25) is 0 Å². The summed E-state index contributed by atoms with van der Waals surface area (Å²) in [6.45, 7) is -0.874. The molecule has 0 rings (SSSR count). The van der Waals surface area contributed by atoms with E-state index >= 15 is 0 Å². The van der Waals surface area contributed by atoms with Crippen LogP contribution in [0.3, 0.4) is 0 Å². The predicted octanol–water partition coefficient (Wildman–Crippen LogP) is 0.680. The van der Waals surface area contributed by atoms with E-state index in [1.807, 2.05) is 0 Å². The van der Waals surface area contributed by atoms with Crippen LogP contribution in [-0.4, -0.2) is 46.9 Å². The Labute approximate surface area is 93.9 Å². The maximum atomic E-state index is 12.5. The minimum atomic E-state index is -6.20. The van der Waals surface area contributed by atoms with Crippen LogP contribution in [-0.2, 0) is 19.5 Å². The SMILES string of the molecule is COC(CNS(=O)(=O)C(F)(F)C(F)(F)F)OC. The molecule has 0 spiro atoms. The van der Waals surface area contributed by atoms with Crippen molar-refractivity contribution in [2.75, 3.05) is 20.8 Å². The van der Waals surface area contributed by atoms with Crippen molar-refractivity contribution in [2.24, 2.45) is 0 Å². The summed E-state index contributed by atoms with van der Waals surface area (Å²) in [7, 11) is -3.78. The van der Waals surface area contributed by atoms with Crippen LogP contribution < -0.4 is 4.72 Å². The fourth-order valence-electron chi connectivity index (χ4n) is 0.684. The van der Waals surface area contributed by atoms with E-state index in [1.54, 1.807) is 0 Å². The number of methoxy groups -OCH3 is 2. The van der Waals surface area contributed by atoms with Gasteiger partial charge in [0.15, 0.2) is 6.29 Å². The van der Waals surface area contributed by atoms with Gasteiger partial charge in [-0.3, -0.25) is 0 Å². The second kappa shape index (κ2) is 5.42. The van der Waals surface area contributed by atoms with Crippen LogP contribution in [0.15, 0.2) is 0 Å². The van der Waals surface area contributed by atoms with E-state index in [4.69, 9.17) is 0 Å². The van der Waals surface area contributed by atoms with E-state index in [2.05, 4.69) is 9.47 Å². The Morgan fingerprint density at radius 3 is 1.82 bits per heavy atom. The van der Waals surface area contributed by atoms with Crippen LogP contribution in [0.5, 0.6) is 0 Å². The molecule has 0 bridgehead atoms. The number of ether oxygens (including phenoxy) is 2. The molecular formula is C6H10F5NO4S. The van der Waals surface area contributed by atoms with Gasteiger partial charge in [-0.2, -0.15) is 22.0 Å². The number of hydrogen-bond acceptors (Lipinski definition) is 4. The molecule has 0 saturated carbocycles. The highest BCUT2D eigenvalue weighted by molar-refractivity contribution is 7.90. The molecule has 0 unspecified atom stereocenters. The first-order valence-electron chi connectivity index (χ1n) is 3.99. The Morgan fingerprint density at radius 1 is 1.12 bits per heavy atom. The zero-order valence-corrected chi connectivity index (χ0v) is 9.53. The molecule has 1 N–H and O–H groups in total. The van der Waals surface area contributed by atoms with Gasteiger partial charge in [-0.25, -0.2) is 13.1 Å². The van der Waals surface area contributed by atoms with Gasteiger partial charge in [0.25, 0.3) is 10.0 Å². The van der Waals surface area contributed by atoms with Gasteiger partial charge in [0.05, 0.1) is 6.54 Å². The highest BCUT2D eigenvalue weighted by atomic mass is 32.2. The van der Waals surface area contributed by atoms with E-state index in [1.165, 1.54) is 0 Å². The van der Waals surface area contributed by atoms with Crippen molar-refractivity contribution in [3.63, 3.8) is 0 Å². The van der Waals surface area contributed by atoms with Gasteiger partial charge in [-0.1, -0.05) is 0 Å². The molecule has 0 aromatic rings. The molecule has 0 aromatic carbocycles. The molecule has 0 saturated heterocycles. The Balaban J connectivity index is 4.82. The summed E-state index contributed by atoms with van der Waals surface area (Å²) in [6.07, 6.45) is -7.47. The number of rotatable bonds is 6. The largest absolute Gasteiger partial charge is 0.470 e. The molecule has 0 aliphatic carbocycles. The lowest BCUT2D eigenvalue weighted by Crippen LogP contribution is -2.51. The first-order chi connectivity index (χ1) is 7.49. The van der Waals surface area contributed by atoms with E-state index in [-0.39, 0.29) is 0 Å². The molecule has 0 aliphatic heterocycles. The van der Waals surface area contributed by atoms with Crippen molar-refractivity contribution in [3.05, 3.63) is 0 Å². The highest BCUT2D eigenvalue weighted by Gasteiger charge is 2.67. The summed E-state index contributed by atoms with van der Waals surface area (Å²) in [5, 5.41) is -5.88. The third-order valence-electron chi connectivity index (χ3n) is 1.63. The van der Waals surface area contributed by atoms with Crippen molar-refractivity contribution in [1.29, 1.82) is 0 Å². The monoisotopic (exact) mass is 287 g/mol. The molecule has 0 amide bonds. The second-order valence-corrected chi connectivity index (χ2v) is 4.58. The first kappa shape index (κ1) is 16.5. The predicted molar refractivity (Wildman–Crippen MR) is 45.7 cm³/mol. The molecule has 104 valence electrons. The lowest BCUT2D eigenvalue weighted by Gasteiger charge is -2.21. The smallest absolute Gasteiger partial charge is 0.355 e. The lowest BCUT2D eigenvalue weighted by atomic mass is 10.6. The Kier molecular flexibility index (Phi) is 5.25. The maximum absolute atomic E-state index is 12.5. The van der Waals surface area contributed by atoms with Crippen LogP contribution in [0.4, 0.5) is 22.0 Å². The van der Waals surface area contributed by atoms with Crippen LogP contribution in [0, 0.1) is 0 Å². The standard InChI is InChI=1S/C6H10F5NO4S/c1-15-4(16-2)3-12-17(13,14)6(10,11)5(7,8)9/h4,12H,3H2,1-2H3. The van der Waals surface area contributed by atoms with Crippen molar-refractivity contribution < 1.29 is 39.8 Å². The highest BCUT2D eigenvalue weighted by Crippen LogP contribution is 2.39. The molecule has 0 heterocycles. The molecule has 11 heteroatoms. The lowest BCUT2D eigenvalue weighted by molar-refractivity contribution is -0.241. The number of halogens is 5. The third kappa shape index (κ3) is 3.72. The second-order valence-electron chi connectivity index (χ2n) is 2.77. The molecule has 0 aromatic heterocycles. The fourth-order valence-corrected chi connectivity index (χ4v) is 1.53. The average molecular weight is 287 g/mol. The minimum absolute atomic E-state index is 0.874. The van der Waals surface area contributed by atoms with Gasteiger partial charge in [-0.15, -0.1) is 0 Å². The Bertz CT molecular complexity index is 337. The number of sulfonamides is 1. The average Bonchev–Trinajstić information content (AvgIpc) is 2.17. The van der Waals surface area contributed by atoms with E-state index in [9.17, 15) is 30.4 Å². The summed E-state index contributed by atoms with van der Waals surface area (Å²) in [5.41, 5.74) is 0. The summed E-state index contributed by atoms with van der Waals surface area (Å²) in [6, 6.07) is 0. The molecule has 0 radical (unpaired) electrons. The Hall–Kier alpha value is -0.520.